The van der Waals surface area contributed by atoms with Crippen LogP contribution in [0.3, 0.4) is 0 Å². The molecule has 0 spiro atoms. The highest BCUT2D eigenvalue weighted by Gasteiger charge is 2.18. The zero-order chi connectivity index (χ0) is 20.2. The Hall–Kier alpha value is -3.73. The summed E-state index contributed by atoms with van der Waals surface area (Å²) in [5.41, 5.74) is 6.67. The standard InChI is InChI=1S/C18H14FN7O2S/c1-29-18-21-10-14(26(18)13-4-2-12(19)3-5-13)16(27)23-24-17-22-15(25-28-17)11-6-8-20-9-7-11/h2-10H,1H3,(H,23,27)(H,22,24,25). The van der Waals surface area contributed by atoms with Crippen molar-refractivity contribution >= 4 is 23.7 Å². The zero-order valence-electron chi connectivity index (χ0n) is 15.0. The average molecular weight is 411 g/mol. The summed E-state index contributed by atoms with van der Waals surface area (Å²) in [4.78, 5) is 25.0. The fourth-order valence-corrected chi connectivity index (χ4v) is 3.09. The number of benzene rings is 1. The fourth-order valence-electron chi connectivity index (χ4n) is 2.55. The van der Waals surface area contributed by atoms with Gasteiger partial charge in [-0.15, -0.1) is 0 Å². The molecule has 11 heteroatoms. The molecule has 2 N–H and O–H groups in total. The van der Waals surface area contributed by atoms with Gasteiger partial charge in [0.15, 0.2) is 5.16 Å². The van der Waals surface area contributed by atoms with Crippen LogP contribution in [0.15, 0.2) is 64.7 Å². The Labute approximate surface area is 168 Å². The second-order valence-corrected chi connectivity index (χ2v) is 6.45. The normalized spacial score (nSPS) is 10.7. The second kappa shape index (κ2) is 8.10. The number of hydrazine groups is 1. The van der Waals surface area contributed by atoms with E-state index in [4.69, 9.17) is 4.52 Å². The molecule has 4 rings (SSSR count). The molecule has 0 atom stereocenters. The Bertz CT molecular complexity index is 1130. The van der Waals surface area contributed by atoms with Crippen LogP contribution in [-0.4, -0.2) is 36.8 Å². The summed E-state index contributed by atoms with van der Waals surface area (Å²) in [6.45, 7) is 0. The predicted molar refractivity (Wildman–Crippen MR) is 104 cm³/mol. The first-order valence-electron chi connectivity index (χ1n) is 8.34. The SMILES string of the molecule is CSc1ncc(C(=O)NNc2nc(-c3ccncc3)no2)n1-c1ccc(F)cc1. The van der Waals surface area contributed by atoms with Crippen LogP contribution in [0.4, 0.5) is 10.4 Å². The van der Waals surface area contributed by atoms with Crippen molar-refractivity contribution < 1.29 is 13.7 Å². The molecule has 4 aromatic rings. The number of nitrogens with zero attached hydrogens (tertiary/aromatic N) is 5. The van der Waals surface area contributed by atoms with Gasteiger partial charge in [-0.1, -0.05) is 16.9 Å². The number of imidazole rings is 1. The highest BCUT2D eigenvalue weighted by molar-refractivity contribution is 7.98. The van der Waals surface area contributed by atoms with Crippen molar-refractivity contribution in [1.82, 2.24) is 30.1 Å². The van der Waals surface area contributed by atoms with Crippen molar-refractivity contribution in [3.8, 4) is 17.1 Å². The van der Waals surface area contributed by atoms with Gasteiger partial charge in [0.05, 0.1) is 6.20 Å². The van der Waals surface area contributed by atoms with Crippen LogP contribution < -0.4 is 10.9 Å². The molecule has 0 aliphatic heterocycles. The number of hydrogen-bond acceptors (Lipinski definition) is 8. The van der Waals surface area contributed by atoms with Crippen LogP contribution in [0, 0.1) is 5.82 Å². The number of pyridine rings is 1. The number of hydrogen-bond donors (Lipinski definition) is 2. The van der Waals surface area contributed by atoms with E-state index in [1.807, 2.05) is 6.26 Å². The predicted octanol–water partition coefficient (Wildman–Crippen LogP) is 2.94. The summed E-state index contributed by atoms with van der Waals surface area (Å²) >= 11 is 1.36. The lowest BCUT2D eigenvalue weighted by molar-refractivity contribution is 0.0953. The van der Waals surface area contributed by atoms with Crippen LogP contribution in [-0.2, 0) is 0 Å². The summed E-state index contributed by atoms with van der Waals surface area (Å²) in [5.74, 6) is -0.496. The van der Waals surface area contributed by atoms with Gasteiger partial charge in [-0.05, 0) is 42.7 Å². The molecule has 3 heterocycles. The molecule has 29 heavy (non-hydrogen) atoms. The van der Waals surface area contributed by atoms with E-state index in [1.165, 1.54) is 30.1 Å². The van der Waals surface area contributed by atoms with Crippen LogP contribution in [0.1, 0.15) is 10.5 Å². The highest BCUT2D eigenvalue weighted by Crippen LogP contribution is 2.22. The highest BCUT2D eigenvalue weighted by atomic mass is 32.2. The van der Waals surface area contributed by atoms with Crippen LogP contribution >= 0.6 is 11.8 Å². The van der Waals surface area contributed by atoms with E-state index in [2.05, 4.69) is 31.0 Å². The topological polar surface area (TPSA) is 111 Å². The van der Waals surface area contributed by atoms with E-state index in [1.54, 1.807) is 41.2 Å². The number of aromatic nitrogens is 5. The van der Waals surface area contributed by atoms with E-state index < -0.39 is 5.91 Å². The Balaban J connectivity index is 1.52. The third-order valence-corrected chi connectivity index (χ3v) is 4.53. The molecule has 1 aromatic carbocycles. The van der Waals surface area contributed by atoms with Gasteiger partial charge in [-0.25, -0.2) is 14.8 Å². The van der Waals surface area contributed by atoms with Gasteiger partial charge in [0.25, 0.3) is 5.91 Å². The van der Waals surface area contributed by atoms with E-state index in [-0.39, 0.29) is 17.5 Å². The van der Waals surface area contributed by atoms with E-state index in [9.17, 15) is 9.18 Å². The molecule has 0 aliphatic carbocycles. The number of rotatable bonds is 6. The van der Waals surface area contributed by atoms with Gasteiger partial charge < -0.3 is 4.52 Å². The molecular formula is C18H14FN7O2S. The Morgan fingerprint density at radius 1 is 1.17 bits per heavy atom. The van der Waals surface area contributed by atoms with Gasteiger partial charge in [0, 0.05) is 23.6 Å². The summed E-state index contributed by atoms with van der Waals surface area (Å²) in [6.07, 6.45) is 6.49. The van der Waals surface area contributed by atoms with Gasteiger partial charge >= 0.3 is 6.01 Å². The minimum atomic E-state index is -0.481. The maximum atomic E-state index is 13.3. The van der Waals surface area contributed by atoms with Gasteiger partial charge in [-0.2, -0.15) is 4.98 Å². The summed E-state index contributed by atoms with van der Waals surface area (Å²) in [6, 6.07) is 9.26. The van der Waals surface area contributed by atoms with Gasteiger partial charge in [0.2, 0.25) is 5.82 Å². The minimum absolute atomic E-state index is 0.0168. The molecule has 0 unspecified atom stereocenters. The Morgan fingerprint density at radius 3 is 2.66 bits per heavy atom. The number of thioether (sulfide) groups is 1. The van der Waals surface area contributed by atoms with Crippen LogP contribution in [0.5, 0.6) is 0 Å². The maximum absolute atomic E-state index is 13.3. The van der Waals surface area contributed by atoms with E-state index in [0.29, 0.717) is 16.7 Å². The first kappa shape index (κ1) is 18.6. The molecule has 146 valence electrons. The summed E-state index contributed by atoms with van der Waals surface area (Å²) in [5, 5.41) is 4.43. The molecule has 0 saturated heterocycles. The number of amides is 1. The first-order chi connectivity index (χ1) is 14.2. The van der Waals surface area contributed by atoms with Crippen molar-refractivity contribution in [1.29, 1.82) is 0 Å². The monoisotopic (exact) mass is 411 g/mol. The van der Waals surface area contributed by atoms with Crippen molar-refractivity contribution in [3.63, 3.8) is 0 Å². The van der Waals surface area contributed by atoms with Gasteiger partial charge in [-0.3, -0.25) is 19.8 Å². The summed E-state index contributed by atoms with van der Waals surface area (Å²) in [7, 11) is 0. The van der Waals surface area contributed by atoms with Crippen LogP contribution in [0.2, 0.25) is 0 Å². The molecule has 0 saturated carbocycles. The van der Waals surface area contributed by atoms with Gasteiger partial charge in [0.1, 0.15) is 11.5 Å². The minimum Gasteiger partial charge on any atom is -0.313 e. The fraction of sp³-hybridized carbons (Fsp3) is 0.0556. The van der Waals surface area contributed by atoms with E-state index >= 15 is 0 Å². The number of carbonyl (C=O) groups excluding carboxylic acids is 1. The molecule has 0 fully saturated rings. The number of halogens is 1. The maximum Gasteiger partial charge on any atom is 0.340 e. The molecule has 3 aromatic heterocycles. The van der Waals surface area contributed by atoms with Crippen LogP contribution in [0.25, 0.3) is 17.1 Å². The third-order valence-electron chi connectivity index (χ3n) is 3.88. The molecule has 9 nitrogen and oxygen atoms in total. The number of carbonyl (C=O) groups is 1. The van der Waals surface area contributed by atoms with E-state index in [0.717, 1.165) is 5.56 Å². The molecule has 1 amide bonds. The quantitative estimate of drug-likeness (QED) is 0.368. The molecule has 0 radical (unpaired) electrons. The summed E-state index contributed by atoms with van der Waals surface area (Å²) < 4.78 is 20.0. The average Bonchev–Trinajstić information content (AvgIpc) is 3.40. The molecule has 0 aliphatic rings. The number of nitrogens with one attached hydrogen (secondary N) is 2. The lowest BCUT2D eigenvalue weighted by atomic mass is 10.3. The van der Waals surface area contributed by atoms with Crippen molar-refractivity contribution in [2.75, 3.05) is 11.7 Å². The van der Waals surface area contributed by atoms with Crippen molar-refractivity contribution in [2.45, 2.75) is 5.16 Å². The number of anilines is 1. The van der Waals surface area contributed by atoms with Crippen molar-refractivity contribution in [3.05, 3.63) is 66.5 Å². The molecular weight excluding hydrogens is 397 g/mol. The Kier molecular flexibility index (Phi) is 5.20. The lowest BCUT2D eigenvalue weighted by Crippen LogP contribution is -2.31. The smallest absolute Gasteiger partial charge is 0.313 e. The second-order valence-electron chi connectivity index (χ2n) is 5.68. The Morgan fingerprint density at radius 2 is 1.93 bits per heavy atom. The first-order valence-corrected chi connectivity index (χ1v) is 9.56. The largest absolute Gasteiger partial charge is 0.340 e. The lowest BCUT2D eigenvalue weighted by Gasteiger charge is -2.11. The third kappa shape index (κ3) is 3.94. The zero-order valence-corrected chi connectivity index (χ0v) is 15.9. The molecule has 0 bridgehead atoms. The van der Waals surface area contributed by atoms with Crippen molar-refractivity contribution in [2.24, 2.45) is 0 Å².